The topological polar surface area (TPSA) is 54.0 Å². The maximum Gasteiger partial charge on any atom is 0.235 e. The fraction of sp³-hybridized carbons (Fsp3) is 0.333. The molecule has 2 aromatic rings. The molecule has 2 rings (SSSR count). The molecule has 0 aliphatic rings. The molecule has 116 valence electrons. The van der Waals surface area contributed by atoms with Gasteiger partial charge in [-0.15, -0.1) is 0 Å². The highest BCUT2D eigenvalue weighted by molar-refractivity contribution is 5.74. The molecule has 1 aromatic heterocycles. The molecule has 0 radical (unpaired) electrons. The Morgan fingerprint density at radius 2 is 1.77 bits per heavy atom. The van der Waals surface area contributed by atoms with E-state index in [0.717, 1.165) is 16.7 Å². The van der Waals surface area contributed by atoms with E-state index in [-0.39, 0.29) is 11.3 Å². The summed E-state index contributed by atoms with van der Waals surface area (Å²) in [6, 6.07) is 10.5. The van der Waals surface area contributed by atoms with Crippen LogP contribution < -0.4 is 10.9 Å². The van der Waals surface area contributed by atoms with Gasteiger partial charge in [0.2, 0.25) is 5.91 Å². The molecule has 2 N–H and O–H groups in total. The first-order valence-corrected chi connectivity index (χ1v) is 7.37. The van der Waals surface area contributed by atoms with Crippen LogP contribution in [-0.2, 0) is 10.2 Å². The first-order chi connectivity index (χ1) is 10.3. The van der Waals surface area contributed by atoms with Gasteiger partial charge in [0.25, 0.3) is 0 Å². The zero-order valence-electron chi connectivity index (χ0n) is 13.8. The predicted molar refractivity (Wildman–Crippen MR) is 90.5 cm³/mol. The largest absolute Gasteiger partial charge is 0.282 e. The van der Waals surface area contributed by atoms with Gasteiger partial charge in [-0.05, 0) is 35.1 Å². The third-order valence-corrected chi connectivity index (χ3v) is 3.54. The molecule has 0 unspecified atom stereocenters. The van der Waals surface area contributed by atoms with Crippen LogP contribution in [0.25, 0.3) is 11.1 Å². The lowest BCUT2D eigenvalue weighted by molar-refractivity contribution is -0.118. The molecule has 0 saturated heterocycles. The highest BCUT2D eigenvalue weighted by Crippen LogP contribution is 2.28. The van der Waals surface area contributed by atoms with E-state index in [2.05, 4.69) is 60.9 Å². The number of aryl methyl sites for hydroxylation is 1. The number of carbonyl (C=O) groups is 1. The lowest BCUT2D eigenvalue weighted by Gasteiger charge is -2.19. The maximum absolute atomic E-state index is 10.9. The first-order valence-electron chi connectivity index (χ1n) is 7.37. The highest BCUT2D eigenvalue weighted by Gasteiger charge is 2.13. The fourth-order valence-electron chi connectivity index (χ4n) is 2.23. The minimum Gasteiger partial charge on any atom is -0.282 e. The number of pyridine rings is 1. The summed E-state index contributed by atoms with van der Waals surface area (Å²) in [4.78, 5) is 15.2. The van der Waals surface area contributed by atoms with Crippen LogP contribution in [0.4, 0.5) is 5.82 Å². The van der Waals surface area contributed by atoms with Crippen LogP contribution in [0.1, 0.15) is 38.8 Å². The van der Waals surface area contributed by atoms with Crippen molar-refractivity contribution in [1.82, 2.24) is 10.4 Å². The van der Waals surface area contributed by atoms with Crippen molar-refractivity contribution in [3.63, 3.8) is 0 Å². The molecule has 22 heavy (non-hydrogen) atoms. The summed E-state index contributed by atoms with van der Waals surface area (Å²) in [5.41, 5.74) is 10.1. The Hall–Kier alpha value is -2.36. The number of hydrogen-bond acceptors (Lipinski definition) is 3. The molecule has 0 saturated carbocycles. The van der Waals surface area contributed by atoms with Crippen LogP contribution in [0.2, 0.25) is 0 Å². The summed E-state index contributed by atoms with van der Waals surface area (Å²) < 4.78 is 0. The Morgan fingerprint density at radius 1 is 1.14 bits per heavy atom. The fourth-order valence-corrected chi connectivity index (χ4v) is 2.23. The number of hydrazine groups is 1. The van der Waals surface area contributed by atoms with Gasteiger partial charge >= 0.3 is 0 Å². The molecular formula is C18H23N3O. The van der Waals surface area contributed by atoms with Crippen molar-refractivity contribution in [2.24, 2.45) is 0 Å². The van der Waals surface area contributed by atoms with Gasteiger partial charge in [0.1, 0.15) is 5.82 Å². The summed E-state index contributed by atoms with van der Waals surface area (Å²) >= 11 is 0. The molecule has 0 spiro atoms. The van der Waals surface area contributed by atoms with Crippen molar-refractivity contribution in [2.75, 3.05) is 5.43 Å². The number of aromatic nitrogens is 1. The average Bonchev–Trinajstić information content (AvgIpc) is 2.44. The maximum atomic E-state index is 10.9. The van der Waals surface area contributed by atoms with Gasteiger partial charge in [0.15, 0.2) is 0 Å². The van der Waals surface area contributed by atoms with E-state index in [1.54, 1.807) is 0 Å². The van der Waals surface area contributed by atoms with Crippen molar-refractivity contribution in [1.29, 1.82) is 0 Å². The second-order valence-corrected chi connectivity index (χ2v) is 6.52. The SMILES string of the molecule is CC(=O)NNc1cc(C)c(-c2ccc(C(C)(C)C)cc2)cn1. The first kappa shape index (κ1) is 16.0. The molecule has 1 aromatic carbocycles. The molecule has 0 bridgehead atoms. The van der Waals surface area contributed by atoms with Crippen molar-refractivity contribution >= 4 is 11.7 Å². The summed E-state index contributed by atoms with van der Waals surface area (Å²) in [6.45, 7) is 10.1. The van der Waals surface area contributed by atoms with Crippen molar-refractivity contribution < 1.29 is 4.79 Å². The summed E-state index contributed by atoms with van der Waals surface area (Å²) in [6.07, 6.45) is 1.82. The standard InChI is InChI=1S/C18H23N3O/c1-12-10-17(21-20-13(2)22)19-11-16(12)14-6-8-15(9-7-14)18(3,4)5/h6-11H,1-5H3,(H,19,21)(H,20,22). The van der Waals surface area contributed by atoms with Gasteiger partial charge < -0.3 is 0 Å². The average molecular weight is 297 g/mol. The molecular weight excluding hydrogens is 274 g/mol. The van der Waals surface area contributed by atoms with Gasteiger partial charge in [0, 0.05) is 18.7 Å². The second-order valence-electron chi connectivity index (χ2n) is 6.52. The molecule has 4 heteroatoms. The Labute approximate surface area is 131 Å². The number of benzene rings is 1. The van der Waals surface area contributed by atoms with Gasteiger partial charge in [0.05, 0.1) is 0 Å². The van der Waals surface area contributed by atoms with Gasteiger partial charge in [-0.1, -0.05) is 45.0 Å². The van der Waals surface area contributed by atoms with Crippen molar-refractivity contribution in [2.45, 2.75) is 40.0 Å². The zero-order valence-corrected chi connectivity index (χ0v) is 13.8. The Bertz CT molecular complexity index is 670. The van der Waals surface area contributed by atoms with Crippen LogP contribution in [0.5, 0.6) is 0 Å². The molecule has 4 nitrogen and oxygen atoms in total. The van der Waals surface area contributed by atoms with E-state index in [1.807, 2.05) is 19.2 Å². The Balaban J connectivity index is 2.24. The zero-order chi connectivity index (χ0) is 16.3. The quantitative estimate of drug-likeness (QED) is 0.847. The Morgan fingerprint density at radius 3 is 2.27 bits per heavy atom. The second kappa shape index (κ2) is 6.18. The smallest absolute Gasteiger partial charge is 0.235 e. The normalized spacial score (nSPS) is 11.1. The minimum absolute atomic E-state index is 0.151. The Kier molecular flexibility index (Phi) is 4.50. The lowest BCUT2D eigenvalue weighted by atomic mass is 9.86. The molecule has 0 aliphatic carbocycles. The number of rotatable bonds is 3. The predicted octanol–water partition coefficient (Wildman–Crippen LogP) is 3.82. The van der Waals surface area contributed by atoms with E-state index in [4.69, 9.17) is 0 Å². The number of nitrogens with zero attached hydrogens (tertiary/aromatic N) is 1. The van der Waals surface area contributed by atoms with Crippen LogP contribution >= 0.6 is 0 Å². The lowest BCUT2D eigenvalue weighted by Crippen LogP contribution is -2.27. The van der Waals surface area contributed by atoms with Crippen LogP contribution in [0, 0.1) is 6.92 Å². The van der Waals surface area contributed by atoms with E-state index < -0.39 is 0 Å². The minimum atomic E-state index is -0.152. The summed E-state index contributed by atoms with van der Waals surface area (Å²) in [7, 11) is 0. The van der Waals surface area contributed by atoms with Crippen molar-refractivity contribution in [3.05, 3.63) is 47.7 Å². The number of hydrogen-bond donors (Lipinski definition) is 2. The van der Waals surface area contributed by atoms with E-state index in [1.165, 1.54) is 12.5 Å². The molecule has 1 amide bonds. The number of amides is 1. The van der Waals surface area contributed by atoms with Crippen LogP contribution in [-0.4, -0.2) is 10.9 Å². The van der Waals surface area contributed by atoms with Gasteiger partial charge in [-0.2, -0.15) is 0 Å². The third-order valence-electron chi connectivity index (χ3n) is 3.54. The third kappa shape index (κ3) is 3.85. The molecule has 0 aliphatic heterocycles. The highest BCUT2D eigenvalue weighted by atomic mass is 16.2. The summed E-state index contributed by atoms with van der Waals surface area (Å²) in [5.74, 6) is 0.476. The molecule has 0 atom stereocenters. The monoisotopic (exact) mass is 297 g/mol. The van der Waals surface area contributed by atoms with Gasteiger partial charge in [-0.25, -0.2) is 4.98 Å². The summed E-state index contributed by atoms with van der Waals surface area (Å²) in [5, 5.41) is 0. The molecule has 1 heterocycles. The number of carbonyl (C=O) groups excluding carboxylic acids is 1. The van der Waals surface area contributed by atoms with Gasteiger partial charge in [-0.3, -0.25) is 15.6 Å². The van der Waals surface area contributed by atoms with Crippen molar-refractivity contribution in [3.8, 4) is 11.1 Å². The molecule has 0 fully saturated rings. The van der Waals surface area contributed by atoms with E-state index in [9.17, 15) is 4.79 Å². The van der Waals surface area contributed by atoms with Crippen LogP contribution in [0.3, 0.4) is 0 Å². The van der Waals surface area contributed by atoms with Crippen LogP contribution in [0.15, 0.2) is 36.5 Å². The van der Waals surface area contributed by atoms with E-state index >= 15 is 0 Å². The van der Waals surface area contributed by atoms with E-state index in [0.29, 0.717) is 5.82 Å². The number of anilines is 1. The number of nitrogens with one attached hydrogen (secondary N) is 2.